The Labute approximate surface area is 129 Å². The lowest BCUT2D eigenvalue weighted by Crippen LogP contribution is -2.42. The standard InChI is InChI=1S/C17H18ClNO2/c18-14-3-1-13(2-4-14)17(21)9-11-19(12-10-17)15-5-7-16(20)8-6-15/h1-8,20-21H,9-12H2. The summed E-state index contributed by atoms with van der Waals surface area (Å²) >= 11 is 5.90. The number of nitrogens with zero attached hydrogens (tertiary/aromatic N) is 1. The highest BCUT2D eigenvalue weighted by Crippen LogP contribution is 2.35. The van der Waals surface area contributed by atoms with Crippen molar-refractivity contribution in [3.63, 3.8) is 0 Å². The Balaban J connectivity index is 1.72. The Kier molecular flexibility index (Phi) is 3.79. The van der Waals surface area contributed by atoms with Crippen LogP contribution in [0.25, 0.3) is 0 Å². The van der Waals surface area contributed by atoms with Gasteiger partial charge in [0.05, 0.1) is 5.60 Å². The Morgan fingerprint density at radius 2 is 1.48 bits per heavy atom. The van der Waals surface area contributed by atoms with Crippen molar-refractivity contribution in [2.75, 3.05) is 18.0 Å². The highest BCUT2D eigenvalue weighted by Gasteiger charge is 2.33. The van der Waals surface area contributed by atoms with Crippen LogP contribution in [0.15, 0.2) is 48.5 Å². The van der Waals surface area contributed by atoms with E-state index in [0.717, 1.165) is 24.3 Å². The van der Waals surface area contributed by atoms with Crippen LogP contribution in [0.3, 0.4) is 0 Å². The quantitative estimate of drug-likeness (QED) is 0.892. The van der Waals surface area contributed by atoms with E-state index in [2.05, 4.69) is 4.90 Å². The number of piperidine rings is 1. The minimum absolute atomic E-state index is 0.272. The van der Waals surface area contributed by atoms with Crippen molar-refractivity contribution >= 4 is 17.3 Å². The maximum absolute atomic E-state index is 10.8. The van der Waals surface area contributed by atoms with Crippen LogP contribution in [0, 0.1) is 0 Å². The summed E-state index contributed by atoms with van der Waals surface area (Å²) in [6.07, 6.45) is 1.35. The topological polar surface area (TPSA) is 43.7 Å². The van der Waals surface area contributed by atoms with Crippen molar-refractivity contribution in [3.8, 4) is 5.75 Å². The van der Waals surface area contributed by atoms with Gasteiger partial charge < -0.3 is 15.1 Å². The molecule has 110 valence electrons. The summed E-state index contributed by atoms with van der Waals surface area (Å²) in [4.78, 5) is 2.23. The SMILES string of the molecule is Oc1ccc(N2CCC(O)(c3ccc(Cl)cc3)CC2)cc1. The first-order chi connectivity index (χ1) is 10.1. The van der Waals surface area contributed by atoms with Gasteiger partial charge in [-0.1, -0.05) is 23.7 Å². The summed E-state index contributed by atoms with van der Waals surface area (Å²) in [5, 5.41) is 20.9. The molecule has 3 rings (SSSR count). The van der Waals surface area contributed by atoms with Crippen LogP contribution >= 0.6 is 11.6 Å². The van der Waals surface area contributed by atoms with E-state index in [9.17, 15) is 10.2 Å². The number of hydrogen-bond donors (Lipinski definition) is 2. The molecule has 1 fully saturated rings. The van der Waals surface area contributed by atoms with Gasteiger partial charge in [-0.15, -0.1) is 0 Å². The Hall–Kier alpha value is -1.71. The van der Waals surface area contributed by atoms with Crippen LogP contribution in [-0.2, 0) is 5.60 Å². The number of hydrogen-bond acceptors (Lipinski definition) is 3. The first-order valence-electron chi connectivity index (χ1n) is 7.09. The maximum Gasteiger partial charge on any atom is 0.115 e. The van der Waals surface area contributed by atoms with Gasteiger partial charge in [0, 0.05) is 23.8 Å². The van der Waals surface area contributed by atoms with Crippen molar-refractivity contribution in [2.45, 2.75) is 18.4 Å². The van der Waals surface area contributed by atoms with E-state index in [0.29, 0.717) is 17.9 Å². The predicted molar refractivity (Wildman–Crippen MR) is 84.9 cm³/mol. The Bertz CT molecular complexity index is 602. The molecule has 3 nitrogen and oxygen atoms in total. The van der Waals surface area contributed by atoms with E-state index >= 15 is 0 Å². The van der Waals surface area contributed by atoms with Gasteiger partial charge in [-0.25, -0.2) is 0 Å². The summed E-state index contributed by atoms with van der Waals surface area (Å²) in [6, 6.07) is 14.6. The Morgan fingerprint density at radius 1 is 0.905 bits per heavy atom. The first kappa shape index (κ1) is 14.2. The zero-order valence-corrected chi connectivity index (χ0v) is 12.4. The second-order valence-electron chi connectivity index (χ2n) is 5.54. The zero-order chi connectivity index (χ0) is 14.9. The highest BCUT2D eigenvalue weighted by atomic mass is 35.5. The van der Waals surface area contributed by atoms with Crippen LogP contribution in [0.5, 0.6) is 5.75 Å². The lowest BCUT2D eigenvalue weighted by atomic mass is 9.84. The third-order valence-corrected chi connectivity index (χ3v) is 4.44. The summed E-state index contributed by atoms with van der Waals surface area (Å²) < 4.78 is 0. The van der Waals surface area contributed by atoms with Gasteiger partial charge in [-0.2, -0.15) is 0 Å². The number of anilines is 1. The van der Waals surface area contributed by atoms with Gasteiger partial charge in [0.15, 0.2) is 0 Å². The van der Waals surface area contributed by atoms with E-state index < -0.39 is 5.60 Å². The molecule has 4 heteroatoms. The molecule has 0 saturated carbocycles. The van der Waals surface area contributed by atoms with Crippen molar-refractivity contribution in [3.05, 3.63) is 59.1 Å². The van der Waals surface area contributed by atoms with Gasteiger partial charge in [0.25, 0.3) is 0 Å². The third kappa shape index (κ3) is 2.99. The largest absolute Gasteiger partial charge is 0.508 e. The minimum atomic E-state index is -0.780. The van der Waals surface area contributed by atoms with Crippen molar-refractivity contribution in [1.82, 2.24) is 0 Å². The molecule has 0 radical (unpaired) electrons. The fraction of sp³-hybridized carbons (Fsp3) is 0.294. The molecule has 1 aliphatic heterocycles. The molecule has 1 saturated heterocycles. The third-order valence-electron chi connectivity index (χ3n) is 4.19. The molecular formula is C17H18ClNO2. The van der Waals surface area contributed by atoms with Crippen LogP contribution < -0.4 is 4.90 Å². The normalized spacial score (nSPS) is 17.7. The van der Waals surface area contributed by atoms with E-state index in [1.807, 2.05) is 36.4 Å². The fourth-order valence-electron chi connectivity index (χ4n) is 2.85. The van der Waals surface area contributed by atoms with Crippen LogP contribution in [0.1, 0.15) is 18.4 Å². The molecule has 1 heterocycles. The number of halogens is 1. The van der Waals surface area contributed by atoms with E-state index in [1.54, 1.807) is 12.1 Å². The monoisotopic (exact) mass is 303 g/mol. The number of phenolic OH excluding ortho intramolecular Hbond substituents is 1. The van der Waals surface area contributed by atoms with Crippen molar-refractivity contribution in [1.29, 1.82) is 0 Å². The average Bonchev–Trinajstić information content (AvgIpc) is 2.50. The lowest BCUT2D eigenvalue weighted by Gasteiger charge is -2.39. The second-order valence-corrected chi connectivity index (χ2v) is 5.98. The summed E-state index contributed by atoms with van der Waals surface area (Å²) in [5.74, 6) is 0.272. The first-order valence-corrected chi connectivity index (χ1v) is 7.47. The highest BCUT2D eigenvalue weighted by molar-refractivity contribution is 6.30. The summed E-state index contributed by atoms with van der Waals surface area (Å²) in [5.41, 5.74) is 1.22. The molecule has 0 atom stereocenters. The molecule has 0 unspecified atom stereocenters. The molecule has 0 aromatic heterocycles. The number of aliphatic hydroxyl groups is 1. The van der Waals surface area contributed by atoms with Crippen molar-refractivity contribution in [2.24, 2.45) is 0 Å². The molecule has 2 aromatic carbocycles. The second kappa shape index (κ2) is 5.58. The average molecular weight is 304 g/mol. The molecular weight excluding hydrogens is 286 g/mol. The molecule has 0 amide bonds. The van der Waals surface area contributed by atoms with Gasteiger partial charge in [-0.05, 0) is 54.8 Å². The molecule has 2 aromatic rings. The van der Waals surface area contributed by atoms with E-state index in [1.165, 1.54) is 0 Å². The molecule has 0 aliphatic carbocycles. The molecule has 1 aliphatic rings. The van der Waals surface area contributed by atoms with Gasteiger partial charge >= 0.3 is 0 Å². The zero-order valence-electron chi connectivity index (χ0n) is 11.7. The van der Waals surface area contributed by atoms with Gasteiger partial charge in [-0.3, -0.25) is 0 Å². The smallest absolute Gasteiger partial charge is 0.115 e. The maximum atomic E-state index is 10.8. The van der Waals surface area contributed by atoms with Crippen LogP contribution in [0.2, 0.25) is 5.02 Å². The van der Waals surface area contributed by atoms with Crippen LogP contribution in [0.4, 0.5) is 5.69 Å². The summed E-state index contributed by atoms with van der Waals surface area (Å²) in [6.45, 7) is 1.56. The van der Waals surface area contributed by atoms with Gasteiger partial charge in [0.2, 0.25) is 0 Å². The molecule has 2 N–H and O–H groups in total. The lowest BCUT2D eigenvalue weighted by molar-refractivity contribution is 0.0118. The molecule has 21 heavy (non-hydrogen) atoms. The fourth-order valence-corrected chi connectivity index (χ4v) is 2.97. The number of rotatable bonds is 2. The minimum Gasteiger partial charge on any atom is -0.508 e. The number of aromatic hydroxyl groups is 1. The van der Waals surface area contributed by atoms with Crippen molar-refractivity contribution < 1.29 is 10.2 Å². The summed E-state index contributed by atoms with van der Waals surface area (Å²) in [7, 11) is 0. The van der Waals surface area contributed by atoms with Crippen LogP contribution in [-0.4, -0.2) is 23.3 Å². The molecule has 0 spiro atoms. The van der Waals surface area contributed by atoms with Gasteiger partial charge in [0.1, 0.15) is 5.75 Å². The Morgan fingerprint density at radius 3 is 2.05 bits per heavy atom. The predicted octanol–water partition coefficient (Wildman–Crippen LogP) is 3.53. The number of phenols is 1. The van der Waals surface area contributed by atoms with E-state index in [-0.39, 0.29) is 5.75 Å². The van der Waals surface area contributed by atoms with E-state index in [4.69, 9.17) is 11.6 Å². The molecule has 0 bridgehead atoms. The number of benzene rings is 2.